The van der Waals surface area contributed by atoms with E-state index in [-0.39, 0.29) is 31.5 Å². The van der Waals surface area contributed by atoms with E-state index >= 15 is 0 Å². The molecule has 8 nitrogen and oxygen atoms in total. The van der Waals surface area contributed by atoms with Gasteiger partial charge in [-0.05, 0) is 18.2 Å². The summed E-state index contributed by atoms with van der Waals surface area (Å²) in [6, 6.07) is 9.20. The number of benzene rings is 2. The van der Waals surface area contributed by atoms with Gasteiger partial charge in [-0.2, -0.15) is 0 Å². The minimum Gasteiger partial charge on any atom is -0.505 e. The summed E-state index contributed by atoms with van der Waals surface area (Å²) in [4.78, 5) is 37.5. The molecule has 4 rings (SSSR count). The van der Waals surface area contributed by atoms with Crippen LogP contribution in [0.3, 0.4) is 0 Å². The quantitative estimate of drug-likeness (QED) is 0.574. The van der Waals surface area contributed by atoms with Crippen molar-refractivity contribution in [2.45, 2.75) is 31.7 Å². The van der Waals surface area contributed by atoms with Crippen molar-refractivity contribution >= 4 is 23.4 Å². The van der Waals surface area contributed by atoms with Gasteiger partial charge in [0.2, 0.25) is 11.6 Å². The Kier molecular flexibility index (Phi) is 4.46. The molecule has 1 unspecified atom stereocenters. The van der Waals surface area contributed by atoms with Gasteiger partial charge in [-0.15, -0.1) is 0 Å². The molecule has 3 amide bonds. The molecular weight excluding hydrogens is 381 g/mol. The second-order valence-electron chi connectivity index (χ2n) is 7.02. The van der Waals surface area contributed by atoms with Crippen molar-refractivity contribution < 1.29 is 29.0 Å². The highest BCUT2D eigenvalue weighted by atomic mass is 19.1. The summed E-state index contributed by atoms with van der Waals surface area (Å²) < 4.78 is 14.0. The van der Waals surface area contributed by atoms with Crippen LogP contribution in [0.25, 0.3) is 0 Å². The van der Waals surface area contributed by atoms with Gasteiger partial charge in [-0.25, -0.2) is 4.39 Å². The fourth-order valence-corrected chi connectivity index (χ4v) is 3.64. The molecule has 1 fully saturated rings. The predicted octanol–water partition coefficient (Wildman–Crippen LogP) is 1.22. The molecule has 9 heteroatoms. The minimum atomic E-state index is -2.11. The number of aromatic hydroxyl groups is 1. The number of imide groups is 1. The first-order chi connectivity index (χ1) is 13.8. The molecule has 2 aliphatic heterocycles. The molecule has 0 aliphatic carbocycles. The Morgan fingerprint density at radius 2 is 1.93 bits per heavy atom. The number of aliphatic hydroxyl groups is 1. The van der Waals surface area contributed by atoms with Crippen molar-refractivity contribution in [3.05, 3.63) is 58.9 Å². The van der Waals surface area contributed by atoms with Crippen molar-refractivity contribution in [1.82, 2.24) is 10.2 Å². The van der Waals surface area contributed by atoms with Gasteiger partial charge in [0.25, 0.3) is 11.8 Å². The van der Waals surface area contributed by atoms with Gasteiger partial charge in [-0.3, -0.25) is 24.6 Å². The summed E-state index contributed by atoms with van der Waals surface area (Å²) in [6.07, 6.45) is -0.265. The molecule has 29 heavy (non-hydrogen) atoms. The number of rotatable bonds is 4. The lowest BCUT2D eigenvalue weighted by Gasteiger charge is -2.37. The van der Waals surface area contributed by atoms with E-state index in [1.807, 2.05) is 0 Å². The highest BCUT2D eigenvalue weighted by molar-refractivity contribution is 6.07. The average Bonchev–Trinajstić information content (AvgIpc) is 3.04. The van der Waals surface area contributed by atoms with Crippen LogP contribution in [0.2, 0.25) is 0 Å². The molecular formula is C20H18FN3O5. The van der Waals surface area contributed by atoms with Crippen LogP contribution in [-0.2, 0) is 22.7 Å². The molecule has 0 saturated carbocycles. The second kappa shape index (κ2) is 6.85. The number of nitrogens with one attached hydrogen (secondary N) is 2. The van der Waals surface area contributed by atoms with Crippen LogP contribution in [0.5, 0.6) is 5.75 Å². The fraction of sp³-hybridized carbons (Fsp3) is 0.250. The van der Waals surface area contributed by atoms with Crippen molar-refractivity contribution in [1.29, 1.82) is 0 Å². The zero-order chi connectivity index (χ0) is 20.8. The van der Waals surface area contributed by atoms with Gasteiger partial charge in [0, 0.05) is 41.8 Å². The first-order valence-corrected chi connectivity index (χ1v) is 9.02. The number of phenols is 1. The van der Waals surface area contributed by atoms with Crippen molar-refractivity contribution in [2.75, 3.05) is 5.32 Å². The second-order valence-corrected chi connectivity index (χ2v) is 7.02. The summed E-state index contributed by atoms with van der Waals surface area (Å²) in [5.41, 5.74) is -0.469. The van der Waals surface area contributed by atoms with E-state index in [4.69, 9.17) is 0 Å². The smallest absolute Gasteiger partial charge is 0.279 e. The van der Waals surface area contributed by atoms with E-state index in [1.54, 1.807) is 18.2 Å². The molecule has 2 heterocycles. The molecule has 150 valence electrons. The molecule has 2 aromatic carbocycles. The Bertz CT molecular complexity index is 1040. The summed E-state index contributed by atoms with van der Waals surface area (Å²) in [5, 5.41) is 25.4. The third kappa shape index (κ3) is 3.09. The van der Waals surface area contributed by atoms with Crippen molar-refractivity contribution in [3.8, 4) is 5.75 Å². The number of phenolic OH excluding ortho intramolecular Hbond substituents is 1. The van der Waals surface area contributed by atoms with Gasteiger partial charge in [-0.1, -0.05) is 18.2 Å². The normalized spacial score (nSPS) is 21.2. The van der Waals surface area contributed by atoms with E-state index in [0.717, 1.165) is 4.90 Å². The van der Waals surface area contributed by atoms with Crippen LogP contribution in [-0.4, -0.2) is 38.6 Å². The minimum absolute atomic E-state index is 0.0437. The third-order valence-corrected chi connectivity index (χ3v) is 5.26. The van der Waals surface area contributed by atoms with E-state index in [0.29, 0.717) is 16.8 Å². The number of amides is 3. The number of piperidine rings is 1. The number of nitrogens with zero attached hydrogens (tertiary/aromatic N) is 1. The zero-order valence-electron chi connectivity index (χ0n) is 15.2. The first-order valence-electron chi connectivity index (χ1n) is 9.02. The third-order valence-electron chi connectivity index (χ3n) is 5.26. The highest BCUT2D eigenvalue weighted by Crippen LogP contribution is 2.36. The molecule has 2 aliphatic rings. The maximum atomic E-state index is 14.0. The van der Waals surface area contributed by atoms with Gasteiger partial charge in [0.1, 0.15) is 0 Å². The monoisotopic (exact) mass is 399 g/mol. The Morgan fingerprint density at radius 3 is 2.69 bits per heavy atom. The van der Waals surface area contributed by atoms with Crippen molar-refractivity contribution in [3.63, 3.8) is 0 Å². The molecule has 2 aromatic rings. The van der Waals surface area contributed by atoms with E-state index < -0.39 is 35.0 Å². The van der Waals surface area contributed by atoms with Crippen molar-refractivity contribution in [2.24, 2.45) is 0 Å². The lowest BCUT2D eigenvalue weighted by Crippen LogP contribution is -2.63. The number of carbonyl (C=O) groups excluding carboxylic acids is 3. The van der Waals surface area contributed by atoms with Crippen LogP contribution in [0.4, 0.5) is 10.1 Å². The topological polar surface area (TPSA) is 119 Å². The fourth-order valence-electron chi connectivity index (χ4n) is 3.64. The summed E-state index contributed by atoms with van der Waals surface area (Å²) in [6.45, 7) is 0.0160. The van der Waals surface area contributed by atoms with E-state index in [9.17, 15) is 29.0 Å². The molecule has 0 aromatic heterocycles. The largest absolute Gasteiger partial charge is 0.505 e. The molecule has 1 saturated heterocycles. The molecule has 4 N–H and O–H groups in total. The number of halogens is 1. The standard InChI is InChI=1S/C20H18FN3O5/c21-17-11(3-1-6-15(17)25)9-22-14-5-2-4-12-13(14)10-24(18(12)27)20(29)8-7-16(26)23-19(20)28/h1-6,22,25,29H,7-10H2,(H,23,26,28). The van der Waals surface area contributed by atoms with Gasteiger partial charge in [0.15, 0.2) is 11.6 Å². The van der Waals surface area contributed by atoms with Gasteiger partial charge >= 0.3 is 0 Å². The van der Waals surface area contributed by atoms with Crippen LogP contribution in [0, 0.1) is 5.82 Å². The highest BCUT2D eigenvalue weighted by Gasteiger charge is 2.51. The number of carbonyl (C=O) groups is 3. The van der Waals surface area contributed by atoms with Gasteiger partial charge in [0.05, 0.1) is 6.54 Å². The number of hydrogen-bond acceptors (Lipinski definition) is 6. The summed E-state index contributed by atoms with van der Waals surface area (Å²) >= 11 is 0. The Morgan fingerprint density at radius 1 is 1.17 bits per heavy atom. The molecule has 1 atom stereocenters. The number of anilines is 1. The molecule has 0 spiro atoms. The SMILES string of the molecule is O=C1CCC(O)(N2Cc3c(NCc4cccc(O)c4F)cccc3C2=O)C(=O)N1. The van der Waals surface area contributed by atoms with E-state index in [1.165, 1.54) is 18.2 Å². The number of fused-ring (bicyclic) bond motifs is 1. The Balaban J connectivity index is 1.59. The first kappa shape index (κ1) is 18.9. The maximum absolute atomic E-state index is 14.0. The van der Waals surface area contributed by atoms with E-state index in [2.05, 4.69) is 10.6 Å². The predicted molar refractivity (Wildman–Crippen MR) is 99.0 cm³/mol. The number of hydrogen-bond donors (Lipinski definition) is 4. The maximum Gasteiger partial charge on any atom is 0.279 e. The van der Waals surface area contributed by atoms with Crippen LogP contribution >= 0.6 is 0 Å². The zero-order valence-corrected chi connectivity index (χ0v) is 15.2. The lowest BCUT2D eigenvalue weighted by atomic mass is 10.00. The van der Waals surface area contributed by atoms with Crippen LogP contribution in [0.1, 0.15) is 34.3 Å². The summed E-state index contributed by atoms with van der Waals surface area (Å²) in [7, 11) is 0. The average molecular weight is 399 g/mol. The molecule has 0 bridgehead atoms. The Labute approximate surface area is 164 Å². The summed E-state index contributed by atoms with van der Waals surface area (Å²) in [5.74, 6) is -3.14. The van der Waals surface area contributed by atoms with Crippen LogP contribution in [0.15, 0.2) is 36.4 Å². The Hall–Kier alpha value is -3.46. The molecule has 0 radical (unpaired) electrons. The lowest BCUT2D eigenvalue weighted by molar-refractivity contribution is -0.167. The van der Waals surface area contributed by atoms with Crippen LogP contribution < -0.4 is 10.6 Å². The van der Waals surface area contributed by atoms with Gasteiger partial charge < -0.3 is 15.5 Å².